The van der Waals surface area contributed by atoms with Crippen molar-refractivity contribution in [2.45, 2.75) is 18.9 Å². The molecule has 3 aromatic rings. The standard InChI is InChI=1S/C19H19ClN8O/c1-26(2)28-18(25-13-6-3-5-12(20)15(13)19(28)29)14-7-4-8-27(14)17-11(9-21)16(22)23-10-24-17/h3,5-6,10,14H,4,7-8H2,1-2H3,(H2,22,23,24). The maximum Gasteiger partial charge on any atom is 0.281 e. The molecule has 10 heteroatoms. The van der Waals surface area contributed by atoms with Gasteiger partial charge in [0.25, 0.3) is 5.56 Å². The van der Waals surface area contributed by atoms with Gasteiger partial charge in [0.05, 0.1) is 22.0 Å². The molecule has 1 aromatic carbocycles. The van der Waals surface area contributed by atoms with Crippen LogP contribution in [0.5, 0.6) is 0 Å². The molecule has 148 valence electrons. The van der Waals surface area contributed by atoms with E-state index >= 15 is 0 Å². The second kappa shape index (κ2) is 7.22. The third kappa shape index (κ3) is 3.02. The molecule has 0 radical (unpaired) electrons. The fourth-order valence-electron chi connectivity index (χ4n) is 3.80. The predicted octanol–water partition coefficient (Wildman–Crippen LogP) is 1.83. The third-order valence-corrected chi connectivity index (χ3v) is 5.36. The number of nitrogen functional groups attached to an aromatic ring is 1. The number of hydrogen-bond acceptors (Lipinski definition) is 8. The average molecular weight is 411 g/mol. The van der Waals surface area contributed by atoms with E-state index in [0.717, 1.165) is 12.8 Å². The van der Waals surface area contributed by atoms with E-state index in [-0.39, 0.29) is 23.0 Å². The van der Waals surface area contributed by atoms with Crippen LogP contribution < -0.4 is 21.2 Å². The molecule has 0 spiro atoms. The first-order valence-corrected chi connectivity index (χ1v) is 9.47. The van der Waals surface area contributed by atoms with Crippen molar-refractivity contribution in [2.24, 2.45) is 0 Å². The minimum absolute atomic E-state index is 0.131. The summed E-state index contributed by atoms with van der Waals surface area (Å²) in [7, 11) is 3.55. The Morgan fingerprint density at radius 1 is 1.34 bits per heavy atom. The summed E-state index contributed by atoms with van der Waals surface area (Å²) in [5.74, 6) is 1.15. The molecule has 1 aliphatic heterocycles. The molecular formula is C19H19ClN8O. The van der Waals surface area contributed by atoms with Crippen LogP contribution in [0.15, 0.2) is 29.3 Å². The second-order valence-corrected chi connectivity index (χ2v) is 7.40. The summed E-state index contributed by atoms with van der Waals surface area (Å²) in [6.45, 7) is 0.659. The Labute approximate surface area is 171 Å². The fraction of sp³-hybridized carbons (Fsp3) is 0.316. The van der Waals surface area contributed by atoms with E-state index in [1.54, 1.807) is 37.3 Å². The van der Waals surface area contributed by atoms with Gasteiger partial charge in [0, 0.05) is 20.6 Å². The summed E-state index contributed by atoms with van der Waals surface area (Å²) in [4.78, 5) is 28.2. The van der Waals surface area contributed by atoms with Crippen molar-refractivity contribution in [2.75, 3.05) is 36.3 Å². The minimum atomic E-state index is -0.255. The topological polar surface area (TPSA) is 117 Å². The monoisotopic (exact) mass is 410 g/mol. The number of anilines is 2. The molecule has 1 fully saturated rings. The van der Waals surface area contributed by atoms with Crippen LogP contribution in [0.2, 0.25) is 5.02 Å². The lowest BCUT2D eigenvalue weighted by atomic mass is 10.1. The van der Waals surface area contributed by atoms with E-state index in [4.69, 9.17) is 22.3 Å². The highest BCUT2D eigenvalue weighted by Gasteiger charge is 2.34. The maximum atomic E-state index is 13.3. The molecule has 0 amide bonds. The summed E-state index contributed by atoms with van der Waals surface area (Å²) >= 11 is 6.28. The van der Waals surface area contributed by atoms with Crippen LogP contribution in [-0.4, -0.2) is 40.3 Å². The Morgan fingerprint density at radius 3 is 2.86 bits per heavy atom. The van der Waals surface area contributed by atoms with E-state index in [2.05, 4.69) is 16.0 Å². The van der Waals surface area contributed by atoms with E-state index in [1.165, 1.54) is 11.0 Å². The van der Waals surface area contributed by atoms with Gasteiger partial charge in [-0.15, -0.1) is 0 Å². The first kappa shape index (κ1) is 19.0. The molecule has 4 rings (SSSR count). The molecule has 0 saturated carbocycles. The van der Waals surface area contributed by atoms with E-state index < -0.39 is 0 Å². The number of nitrogens with zero attached hydrogens (tertiary/aromatic N) is 7. The van der Waals surface area contributed by atoms with Gasteiger partial charge in [-0.05, 0) is 25.0 Å². The van der Waals surface area contributed by atoms with Gasteiger partial charge in [-0.3, -0.25) is 4.79 Å². The molecule has 1 saturated heterocycles. The van der Waals surface area contributed by atoms with Gasteiger partial charge in [-0.1, -0.05) is 17.7 Å². The van der Waals surface area contributed by atoms with Crippen molar-refractivity contribution in [1.82, 2.24) is 19.6 Å². The molecule has 1 unspecified atom stereocenters. The van der Waals surface area contributed by atoms with Crippen molar-refractivity contribution in [1.29, 1.82) is 5.26 Å². The highest BCUT2D eigenvalue weighted by Crippen LogP contribution is 2.37. The molecular weight excluding hydrogens is 392 g/mol. The van der Waals surface area contributed by atoms with Crippen molar-refractivity contribution < 1.29 is 0 Å². The molecule has 0 aliphatic carbocycles. The quantitative estimate of drug-likeness (QED) is 0.694. The Balaban J connectivity index is 1.95. The third-order valence-electron chi connectivity index (χ3n) is 5.04. The summed E-state index contributed by atoms with van der Waals surface area (Å²) < 4.78 is 1.52. The molecule has 1 atom stereocenters. The van der Waals surface area contributed by atoms with Crippen molar-refractivity contribution in [3.8, 4) is 6.07 Å². The second-order valence-electron chi connectivity index (χ2n) is 6.99. The van der Waals surface area contributed by atoms with Crippen LogP contribution >= 0.6 is 11.6 Å². The Hall–Kier alpha value is -3.38. The van der Waals surface area contributed by atoms with Gasteiger partial charge in [0.2, 0.25) is 0 Å². The average Bonchev–Trinajstić information content (AvgIpc) is 3.16. The van der Waals surface area contributed by atoms with Crippen LogP contribution in [-0.2, 0) is 0 Å². The normalized spacial score (nSPS) is 16.2. The SMILES string of the molecule is CN(C)n1c(C2CCCN2c2ncnc(N)c2C#N)nc2cccc(Cl)c2c1=O. The van der Waals surface area contributed by atoms with Gasteiger partial charge in [0.1, 0.15) is 23.8 Å². The Morgan fingerprint density at radius 2 is 2.14 bits per heavy atom. The highest BCUT2D eigenvalue weighted by atomic mass is 35.5. The number of nitrogens with two attached hydrogens (primary N) is 1. The summed E-state index contributed by atoms with van der Waals surface area (Å²) in [6.07, 6.45) is 2.95. The number of rotatable bonds is 3. The van der Waals surface area contributed by atoms with Crippen LogP contribution in [0, 0.1) is 11.3 Å². The number of aromatic nitrogens is 4. The zero-order chi connectivity index (χ0) is 20.7. The summed E-state index contributed by atoms with van der Waals surface area (Å²) in [5, 5.41) is 12.0. The number of hydrogen-bond donors (Lipinski definition) is 1. The zero-order valence-electron chi connectivity index (χ0n) is 16.0. The predicted molar refractivity (Wildman–Crippen MR) is 112 cm³/mol. The molecule has 2 aromatic heterocycles. The Bertz CT molecular complexity index is 1200. The van der Waals surface area contributed by atoms with Crippen molar-refractivity contribution in [3.63, 3.8) is 0 Å². The largest absolute Gasteiger partial charge is 0.382 e. The highest BCUT2D eigenvalue weighted by molar-refractivity contribution is 6.35. The molecule has 0 bridgehead atoms. The van der Waals surface area contributed by atoms with Crippen molar-refractivity contribution in [3.05, 3.63) is 51.3 Å². The minimum Gasteiger partial charge on any atom is -0.382 e. The van der Waals surface area contributed by atoms with Crippen LogP contribution in [0.4, 0.5) is 11.6 Å². The number of nitriles is 1. The number of fused-ring (bicyclic) bond motifs is 1. The first-order chi connectivity index (χ1) is 13.9. The maximum absolute atomic E-state index is 13.3. The fourth-order valence-corrected chi connectivity index (χ4v) is 4.05. The lowest BCUT2D eigenvalue weighted by Gasteiger charge is -2.30. The summed E-state index contributed by atoms with van der Waals surface area (Å²) in [6, 6.07) is 7.06. The smallest absolute Gasteiger partial charge is 0.281 e. The van der Waals surface area contributed by atoms with Crippen LogP contribution in [0.25, 0.3) is 10.9 Å². The van der Waals surface area contributed by atoms with Gasteiger partial charge in [0.15, 0.2) is 11.6 Å². The lowest BCUT2D eigenvalue weighted by Crippen LogP contribution is -2.42. The molecule has 3 heterocycles. The van der Waals surface area contributed by atoms with Crippen LogP contribution in [0.3, 0.4) is 0 Å². The van der Waals surface area contributed by atoms with E-state index in [1.807, 2.05) is 4.90 Å². The number of benzene rings is 1. The summed E-state index contributed by atoms with van der Waals surface area (Å²) in [5.41, 5.74) is 6.40. The van der Waals surface area contributed by atoms with Crippen LogP contribution in [0.1, 0.15) is 30.3 Å². The van der Waals surface area contributed by atoms with E-state index in [0.29, 0.717) is 34.1 Å². The molecule has 2 N–H and O–H groups in total. The Kier molecular flexibility index (Phi) is 4.72. The van der Waals surface area contributed by atoms with Crippen molar-refractivity contribution >= 4 is 34.1 Å². The zero-order valence-corrected chi connectivity index (χ0v) is 16.8. The lowest BCUT2D eigenvalue weighted by molar-refractivity contribution is 0.564. The van der Waals surface area contributed by atoms with Gasteiger partial charge in [-0.25, -0.2) is 19.6 Å². The van der Waals surface area contributed by atoms with Gasteiger partial charge in [-0.2, -0.15) is 5.26 Å². The van der Waals surface area contributed by atoms with Gasteiger partial charge >= 0.3 is 0 Å². The first-order valence-electron chi connectivity index (χ1n) is 9.10. The van der Waals surface area contributed by atoms with E-state index in [9.17, 15) is 10.1 Å². The number of halogens is 1. The molecule has 29 heavy (non-hydrogen) atoms. The van der Waals surface area contributed by atoms with Gasteiger partial charge < -0.3 is 15.6 Å². The molecule has 1 aliphatic rings. The molecule has 9 nitrogen and oxygen atoms in total.